The second kappa shape index (κ2) is 6.50. The van der Waals surface area contributed by atoms with E-state index in [1.165, 1.54) is 32.8 Å². The molecule has 1 saturated carbocycles. The largest absolute Gasteiger partial charge is 0.468 e. The van der Waals surface area contributed by atoms with Gasteiger partial charge in [-0.15, -0.1) is 0 Å². The van der Waals surface area contributed by atoms with Crippen molar-refractivity contribution in [1.29, 1.82) is 0 Å². The molecule has 0 radical (unpaired) electrons. The molecule has 18 heavy (non-hydrogen) atoms. The van der Waals surface area contributed by atoms with Crippen molar-refractivity contribution in [2.45, 2.75) is 37.6 Å². The summed E-state index contributed by atoms with van der Waals surface area (Å²) in [7, 11) is 1.42. The van der Waals surface area contributed by atoms with Crippen LogP contribution < -0.4 is 5.32 Å². The lowest BCUT2D eigenvalue weighted by atomic mass is 10.0. The quantitative estimate of drug-likeness (QED) is 0.808. The molecule has 0 aliphatic heterocycles. The average Bonchev–Trinajstić information content (AvgIpc) is 2.93. The molecule has 0 saturated heterocycles. The third-order valence-electron chi connectivity index (χ3n) is 3.50. The number of methoxy groups -OCH3 is 1. The van der Waals surface area contributed by atoms with Crippen molar-refractivity contribution < 1.29 is 9.53 Å². The van der Waals surface area contributed by atoms with Gasteiger partial charge in [-0.25, -0.2) is 0 Å². The van der Waals surface area contributed by atoms with Gasteiger partial charge in [0.25, 0.3) is 0 Å². The minimum Gasteiger partial charge on any atom is -0.468 e. The van der Waals surface area contributed by atoms with Crippen molar-refractivity contribution in [3.8, 4) is 0 Å². The van der Waals surface area contributed by atoms with Crippen molar-refractivity contribution in [1.82, 2.24) is 10.3 Å². The van der Waals surface area contributed by atoms with Crippen molar-refractivity contribution in [2.75, 3.05) is 13.7 Å². The zero-order valence-electron chi connectivity index (χ0n) is 10.8. The molecule has 98 valence electrons. The Morgan fingerprint density at radius 3 is 2.89 bits per heavy atom. The molecule has 0 bridgehead atoms. The van der Waals surface area contributed by atoms with E-state index in [4.69, 9.17) is 4.74 Å². The van der Waals surface area contributed by atoms with Gasteiger partial charge in [0.15, 0.2) is 0 Å². The lowest BCUT2D eigenvalue weighted by Crippen LogP contribution is -2.34. The normalized spacial score (nSPS) is 17.6. The number of rotatable bonds is 5. The number of pyridine rings is 1. The second-order valence-corrected chi connectivity index (χ2v) is 4.72. The first-order valence-corrected chi connectivity index (χ1v) is 6.53. The number of nitrogens with zero attached hydrogens (tertiary/aromatic N) is 1. The fraction of sp³-hybridized carbons (Fsp3) is 0.571. The van der Waals surface area contributed by atoms with Crippen LogP contribution in [0, 0.1) is 0 Å². The lowest BCUT2D eigenvalue weighted by molar-refractivity contribution is -0.142. The maximum Gasteiger partial charge on any atom is 0.316 e. The summed E-state index contributed by atoms with van der Waals surface area (Å²) >= 11 is 0. The van der Waals surface area contributed by atoms with Crippen LogP contribution in [0.15, 0.2) is 24.4 Å². The summed E-state index contributed by atoms with van der Waals surface area (Å²) in [4.78, 5) is 16.1. The third kappa shape index (κ3) is 3.29. The van der Waals surface area contributed by atoms with Gasteiger partial charge < -0.3 is 10.1 Å². The highest BCUT2D eigenvalue weighted by molar-refractivity contribution is 5.77. The Bertz CT molecular complexity index is 375. The summed E-state index contributed by atoms with van der Waals surface area (Å²) < 4.78 is 4.86. The van der Waals surface area contributed by atoms with Crippen LogP contribution in [0.25, 0.3) is 0 Å². The predicted octanol–water partition coefficient (Wildman–Crippen LogP) is 1.87. The van der Waals surface area contributed by atoms with Gasteiger partial charge in [-0.05, 0) is 25.0 Å². The molecule has 2 rings (SSSR count). The zero-order chi connectivity index (χ0) is 12.8. The lowest BCUT2D eigenvalue weighted by Gasteiger charge is -2.18. The molecule has 4 heteroatoms. The van der Waals surface area contributed by atoms with Crippen LogP contribution in [-0.2, 0) is 9.53 Å². The van der Waals surface area contributed by atoms with Gasteiger partial charge in [0.05, 0.1) is 12.8 Å². The van der Waals surface area contributed by atoms with Crippen LogP contribution in [0.3, 0.4) is 0 Å². The number of hydrogen-bond donors (Lipinski definition) is 1. The molecule has 1 aliphatic rings. The van der Waals surface area contributed by atoms with Gasteiger partial charge >= 0.3 is 5.97 Å². The first-order chi connectivity index (χ1) is 8.81. The Hall–Kier alpha value is -1.42. The molecule has 4 nitrogen and oxygen atoms in total. The molecule has 1 atom stereocenters. The van der Waals surface area contributed by atoms with E-state index >= 15 is 0 Å². The molecule has 1 aromatic rings. The Labute approximate surface area is 108 Å². The van der Waals surface area contributed by atoms with E-state index < -0.39 is 0 Å². The molecule has 0 spiro atoms. The topological polar surface area (TPSA) is 51.2 Å². The van der Waals surface area contributed by atoms with Gasteiger partial charge in [0, 0.05) is 18.8 Å². The average molecular weight is 248 g/mol. The van der Waals surface area contributed by atoms with E-state index in [1.807, 2.05) is 18.2 Å². The van der Waals surface area contributed by atoms with E-state index in [0.717, 1.165) is 5.69 Å². The summed E-state index contributed by atoms with van der Waals surface area (Å²) in [5.41, 5.74) is 0.773. The van der Waals surface area contributed by atoms with Gasteiger partial charge in [0.1, 0.15) is 5.92 Å². The van der Waals surface area contributed by atoms with Crippen LogP contribution in [-0.4, -0.2) is 30.6 Å². The highest BCUT2D eigenvalue weighted by Gasteiger charge is 2.24. The SMILES string of the molecule is COC(=O)C(CNC1CCCC1)c1ccccn1. The summed E-state index contributed by atoms with van der Waals surface area (Å²) in [6, 6.07) is 6.16. The Morgan fingerprint density at radius 1 is 1.50 bits per heavy atom. The number of esters is 1. The molecule has 1 fully saturated rings. The minimum absolute atomic E-state index is 0.223. The van der Waals surface area contributed by atoms with E-state index in [0.29, 0.717) is 12.6 Å². The number of nitrogens with one attached hydrogen (secondary N) is 1. The molecule has 1 N–H and O–H groups in total. The molecule has 1 aliphatic carbocycles. The first-order valence-electron chi connectivity index (χ1n) is 6.53. The molecular weight excluding hydrogens is 228 g/mol. The smallest absolute Gasteiger partial charge is 0.316 e. The highest BCUT2D eigenvalue weighted by atomic mass is 16.5. The van der Waals surface area contributed by atoms with E-state index in [2.05, 4.69) is 10.3 Å². The van der Waals surface area contributed by atoms with Crippen LogP contribution in [0.4, 0.5) is 0 Å². The van der Waals surface area contributed by atoms with Crippen LogP contribution in [0.1, 0.15) is 37.3 Å². The van der Waals surface area contributed by atoms with E-state index in [9.17, 15) is 4.79 Å². The molecule has 0 aromatic carbocycles. The van der Waals surface area contributed by atoms with Crippen molar-refractivity contribution in [3.05, 3.63) is 30.1 Å². The predicted molar refractivity (Wildman–Crippen MR) is 69.3 cm³/mol. The first kappa shape index (κ1) is 13.0. The maximum atomic E-state index is 11.8. The Balaban J connectivity index is 1.99. The number of aromatic nitrogens is 1. The fourth-order valence-electron chi connectivity index (χ4n) is 2.45. The second-order valence-electron chi connectivity index (χ2n) is 4.72. The Morgan fingerprint density at radius 2 is 2.28 bits per heavy atom. The van der Waals surface area contributed by atoms with Gasteiger partial charge in [-0.1, -0.05) is 18.9 Å². The minimum atomic E-state index is -0.309. The van der Waals surface area contributed by atoms with Crippen LogP contribution in [0.2, 0.25) is 0 Å². The summed E-state index contributed by atoms with van der Waals surface area (Å²) in [6.07, 6.45) is 6.68. The fourth-order valence-corrected chi connectivity index (χ4v) is 2.45. The highest BCUT2D eigenvalue weighted by Crippen LogP contribution is 2.19. The Kier molecular flexibility index (Phi) is 4.70. The molecule has 0 amide bonds. The molecule has 1 aromatic heterocycles. The van der Waals surface area contributed by atoms with E-state index in [-0.39, 0.29) is 11.9 Å². The van der Waals surface area contributed by atoms with Gasteiger partial charge in [-0.3, -0.25) is 9.78 Å². The molecular formula is C14H20N2O2. The van der Waals surface area contributed by atoms with Gasteiger partial charge in [-0.2, -0.15) is 0 Å². The maximum absolute atomic E-state index is 11.8. The zero-order valence-corrected chi connectivity index (χ0v) is 10.8. The molecule has 1 heterocycles. The summed E-state index contributed by atoms with van der Waals surface area (Å²) in [6.45, 7) is 0.606. The number of carbonyl (C=O) groups excluding carboxylic acids is 1. The number of ether oxygens (including phenoxy) is 1. The van der Waals surface area contributed by atoms with E-state index in [1.54, 1.807) is 6.20 Å². The molecule has 1 unspecified atom stereocenters. The van der Waals surface area contributed by atoms with Crippen LogP contribution >= 0.6 is 0 Å². The standard InChI is InChI=1S/C14H20N2O2/c1-18-14(17)12(13-8-4-5-9-15-13)10-16-11-6-2-3-7-11/h4-5,8-9,11-12,16H,2-3,6-7,10H2,1H3. The van der Waals surface area contributed by atoms with Crippen molar-refractivity contribution >= 4 is 5.97 Å². The summed E-state index contributed by atoms with van der Waals surface area (Å²) in [5, 5.41) is 3.45. The van der Waals surface area contributed by atoms with Crippen molar-refractivity contribution in [2.24, 2.45) is 0 Å². The number of hydrogen-bond acceptors (Lipinski definition) is 4. The third-order valence-corrected chi connectivity index (χ3v) is 3.50. The number of carbonyl (C=O) groups is 1. The monoisotopic (exact) mass is 248 g/mol. The summed E-state index contributed by atoms with van der Waals surface area (Å²) in [5.74, 6) is -0.531. The van der Waals surface area contributed by atoms with Crippen molar-refractivity contribution in [3.63, 3.8) is 0 Å². The van der Waals surface area contributed by atoms with Crippen LogP contribution in [0.5, 0.6) is 0 Å². The van der Waals surface area contributed by atoms with Gasteiger partial charge in [0.2, 0.25) is 0 Å².